The molecule has 6 atom stereocenters. The van der Waals surface area contributed by atoms with Crippen LogP contribution in [-0.4, -0.2) is 70.1 Å². The van der Waals surface area contributed by atoms with Crippen LogP contribution in [0, 0.1) is 11.8 Å². The molecule has 1 unspecified atom stereocenters. The van der Waals surface area contributed by atoms with Crippen LogP contribution < -0.4 is 5.32 Å². The number of rotatable bonds is 8. The van der Waals surface area contributed by atoms with Crippen molar-refractivity contribution < 1.29 is 29.0 Å². The van der Waals surface area contributed by atoms with Crippen LogP contribution in [0.4, 0.5) is 5.69 Å². The summed E-state index contributed by atoms with van der Waals surface area (Å²) in [5.74, 6) is -2.61. The Morgan fingerprint density at radius 2 is 2.00 bits per heavy atom. The van der Waals surface area contributed by atoms with Gasteiger partial charge in [0.05, 0.1) is 24.5 Å². The number of hydrogen-bond acceptors (Lipinski definition) is 6. The fourth-order valence-electron chi connectivity index (χ4n) is 6.05. The van der Waals surface area contributed by atoms with Gasteiger partial charge in [-0.3, -0.25) is 14.4 Å². The number of carbonyl (C=O) groups is 3. The zero-order valence-corrected chi connectivity index (χ0v) is 21.1. The number of fused-ring (bicyclic) bond motifs is 2. The summed E-state index contributed by atoms with van der Waals surface area (Å²) in [7, 11) is 0. The van der Waals surface area contributed by atoms with E-state index >= 15 is 0 Å². The van der Waals surface area contributed by atoms with E-state index in [9.17, 15) is 19.5 Å². The van der Waals surface area contributed by atoms with Gasteiger partial charge in [-0.05, 0) is 49.1 Å². The lowest BCUT2D eigenvalue weighted by Crippen LogP contribution is -2.54. The molecule has 9 heteroatoms. The zero-order valence-electron chi connectivity index (χ0n) is 19.5. The molecule has 2 amide bonds. The molecule has 186 valence electrons. The van der Waals surface area contributed by atoms with Gasteiger partial charge in [0, 0.05) is 23.7 Å². The Kier molecular flexibility index (Phi) is 6.59. The Morgan fingerprint density at radius 1 is 1.23 bits per heavy atom. The van der Waals surface area contributed by atoms with E-state index in [-0.39, 0.29) is 29.9 Å². The number of esters is 1. The molecule has 3 aliphatic heterocycles. The van der Waals surface area contributed by atoms with Crippen LogP contribution in [0.25, 0.3) is 10.8 Å². The molecule has 1 spiro atoms. The maximum Gasteiger partial charge on any atom is 0.312 e. The number of alkyl halides is 1. The molecule has 3 aliphatic rings. The van der Waals surface area contributed by atoms with E-state index in [2.05, 4.69) is 21.2 Å². The second-order valence-electron chi connectivity index (χ2n) is 9.43. The van der Waals surface area contributed by atoms with Crippen LogP contribution in [0.15, 0.2) is 42.5 Å². The number of carbonyl (C=O) groups excluding carboxylic acids is 3. The molecule has 0 saturated carbocycles. The maximum atomic E-state index is 13.8. The quantitative estimate of drug-likeness (QED) is 0.301. The summed E-state index contributed by atoms with van der Waals surface area (Å²) in [6.45, 7) is 2.22. The standard InChI is InChI=1S/C26H29BrN2O6/c1-2-34-25(33)19-20-24(32)29(11-5-6-12-30)22(26(20)14-18(27)21(19)35-26)23(31)28-17-10-9-15-7-3-4-8-16(15)13-17/h3-4,7-10,13,18-22,30H,2,5-6,11-12,14H2,1H3,(H,28,31)/t18?,19-,20+,21-,22-,26+/m1/s1. The fourth-order valence-corrected chi connectivity index (χ4v) is 6.99. The van der Waals surface area contributed by atoms with Crippen molar-refractivity contribution in [3.63, 3.8) is 0 Å². The molecule has 5 rings (SSSR count). The second kappa shape index (κ2) is 9.52. The van der Waals surface area contributed by atoms with Crippen molar-refractivity contribution in [1.29, 1.82) is 0 Å². The molecule has 3 heterocycles. The first-order valence-electron chi connectivity index (χ1n) is 12.1. The molecule has 8 nitrogen and oxygen atoms in total. The Morgan fingerprint density at radius 3 is 2.74 bits per heavy atom. The Bertz CT molecular complexity index is 1160. The molecule has 2 aromatic carbocycles. The van der Waals surface area contributed by atoms with Gasteiger partial charge >= 0.3 is 5.97 Å². The summed E-state index contributed by atoms with van der Waals surface area (Å²) in [5.41, 5.74) is -0.491. The number of amides is 2. The van der Waals surface area contributed by atoms with E-state index in [1.54, 1.807) is 11.8 Å². The molecule has 2 aromatic rings. The minimum absolute atomic E-state index is 0.00193. The molecule has 3 saturated heterocycles. The molecule has 3 fully saturated rings. The molecule has 35 heavy (non-hydrogen) atoms. The highest BCUT2D eigenvalue weighted by molar-refractivity contribution is 9.09. The number of ether oxygens (including phenoxy) is 2. The van der Waals surface area contributed by atoms with E-state index in [4.69, 9.17) is 9.47 Å². The van der Waals surface area contributed by atoms with Crippen LogP contribution in [0.2, 0.25) is 0 Å². The fraction of sp³-hybridized carbons (Fsp3) is 0.500. The number of benzene rings is 2. The number of aliphatic hydroxyl groups is 1. The van der Waals surface area contributed by atoms with Crippen LogP contribution in [-0.2, 0) is 23.9 Å². The van der Waals surface area contributed by atoms with Gasteiger partial charge in [0.2, 0.25) is 11.8 Å². The number of unbranched alkanes of at least 4 members (excludes halogenated alkanes) is 1. The molecule has 2 bridgehead atoms. The number of hydrogen-bond donors (Lipinski definition) is 2. The minimum Gasteiger partial charge on any atom is -0.466 e. The monoisotopic (exact) mass is 544 g/mol. The SMILES string of the molecule is CCOC(=O)[C@H]1[C@@H]2O[C@@]3(CC2Br)[C@@H]1C(=O)N(CCCCO)[C@@H]3C(=O)Nc1ccc2ccccc2c1. The molecule has 0 aromatic heterocycles. The highest BCUT2D eigenvalue weighted by atomic mass is 79.9. The number of nitrogens with one attached hydrogen (secondary N) is 1. The van der Waals surface area contributed by atoms with E-state index in [1.807, 2.05) is 42.5 Å². The predicted octanol–water partition coefficient (Wildman–Crippen LogP) is 2.86. The van der Waals surface area contributed by atoms with Crippen LogP contribution >= 0.6 is 15.9 Å². The number of halogens is 1. The number of aliphatic hydroxyl groups excluding tert-OH is 1. The van der Waals surface area contributed by atoms with Gasteiger partial charge in [0.1, 0.15) is 11.6 Å². The van der Waals surface area contributed by atoms with Gasteiger partial charge in [0.15, 0.2) is 0 Å². The van der Waals surface area contributed by atoms with Gasteiger partial charge in [-0.2, -0.15) is 0 Å². The topological polar surface area (TPSA) is 105 Å². The first-order chi connectivity index (χ1) is 16.9. The Hall–Kier alpha value is -2.49. The minimum atomic E-state index is -1.12. The molecule has 2 N–H and O–H groups in total. The maximum absolute atomic E-state index is 13.8. The summed E-state index contributed by atoms with van der Waals surface area (Å²) >= 11 is 3.63. The second-order valence-corrected chi connectivity index (χ2v) is 10.6. The lowest BCUT2D eigenvalue weighted by molar-refractivity contribution is -0.154. The predicted molar refractivity (Wildman–Crippen MR) is 133 cm³/mol. The average Bonchev–Trinajstić information content (AvgIpc) is 3.43. The Balaban J connectivity index is 1.49. The largest absolute Gasteiger partial charge is 0.466 e. The van der Waals surface area contributed by atoms with E-state index < -0.39 is 35.6 Å². The van der Waals surface area contributed by atoms with E-state index in [0.717, 1.165) is 10.8 Å². The molecular weight excluding hydrogens is 516 g/mol. The third-order valence-corrected chi connectivity index (χ3v) is 8.27. The highest BCUT2D eigenvalue weighted by Gasteiger charge is 2.76. The van der Waals surface area contributed by atoms with Crippen LogP contribution in [0.1, 0.15) is 26.2 Å². The Labute approximate surface area is 212 Å². The van der Waals surface area contributed by atoms with Crippen molar-refractivity contribution >= 4 is 50.2 Å². The number of nitrogens with zero attached hydrogens (tertiary/aromatic N) is 1. The van der Waals surface area contributed by atoms with Gasteiger partial charge < -0.3 is 24.8 Å². The summed E-state index contributed by atoms with van der Waals surface area (Å²) in [6, 6.07) is 12.6. The van der Waals surface area contributed by atoms with Crippen LogP contribution in [0.3, 0.4) is 0 Å². The van der Waals surface area contributed by atoms with Crippen molar-refractivity contribution in [1.82, 2.24) is 4.90 Å². The van der Waals surface area contributed by atoms with Gasteiger partial charge in [-0.1, -0.05) is 46.3 Å². The van der Waals surface area contributed by atoms with E-state index in [0.29, 0.717) is 31.5 Å². The van der Waals surface area contributed by atoms with Gasteiger partial charge in [-0.15, -0.1) is 0 Å². The smallest absolute Gasteiger partial charge is 0.312 e. The normalized spacial score (nSPS) is 31.1. The van der Waals surface area contributed by atoms with Crippen LogP contribution in [0.5, 0.6) is 0 Å². The van der Waals surface area contributed by atoms with Crippen molar-refractivity contribution in [3.8, 4) is 0 Å². The lowest BCUT2D eigenvalue weighted by Gasteiger charge is -2.34. The summed E-state index contributed by atoms with van der Waals surface area (Å²) < 4.78 is 11.7. The third-order valence-electron chi connectivity index (χ3n) is 7.42. The number of likely N-dealkylation sites (tertiary alicyclic amines) is 1. The number of anilines is 1. The summed E-state index contributed by atoms with van der Waals surface area (Å²) in [5, 5.41) is 14.3. The highest BCUT2D eigenvalue weighted by Crippen LogP contribution is 2.60. The van der Waals surface area contributed by atoms with Crippen molar-refractivity contribution in [3.05, 3.63) is 42.5 Å². The van der Waals surface area contributed by atoms with Gasteiger partial charge in [-0.25, -0.2) is 0 Å². The third kappa shape index (κ3) is 3.93. The first kappa shape index (κ1) is 24.2. The van der Waals surface area contributed by atoms with Crippen molar-refractivity contribution in [2.75, 3.05) is 25.1 Å². The average molecular weight is 545 g/mol. The van der Waals surface area contributed by atoms with Crippen molar-refractivity contribution in [2.24, 2.45) is 11.8 Å². The molecule has 0 radical (unpaired) electrons. The molecule has 0 aliphatic carbocycles. The summed E-state index contributed by atoms with van der Waals surface area (Å²) in [4.78, 5) is 41.8. The van der Waals surface area contributed by atoms with E-state index in [1.165, 1.54) is 0 Å². The lowest BCUT2D eigenvalue weighted by atomic mass is 9.70. The first-order valence-corrected chi connectivity index (χ1v) is 13.0. The summed E-state index contributed by atoms with van der Waals surface area (Å²) in [6.07, 6.45) is 0.956. The van der Waals surface area contributed by atoms with Gasteiger partial charge in [0.25, 0.3) is 0 Å². The van der Waals surface area contributed by atoms with Crippen molar-refractivity contribution in [2.45, 2.75) is 48.8 Å². The zero-order chi connectivity index (χ0) is 24.7. The molecular formula is C26H29BrN2O6.